The molecule has 2 aromatic carbocycles. The molecule has 166 valence electrons. The number of halogens is 2. The molecule has 0 saturated heterocycles. The van der Waals surface area contributed by atoms with E-state index in [0.29, 0.717) is 47.5 Å². The molecule has 2 aromatic heterocycles. The number of aromatic nitrogens is 3. The van der Waals surface area contributed by atoms with Crippen LogP contribution in [0.2, 0.25) is 5.02 Å². The average molecular weight is 456 g/mol. The highest BCUT2D eigenvalue weighted by atomic mass is 35.5. The van der Waals surface area contributed by atoms with Gasteiger partial charge in [0.1, 0.15) is 22.7 Å². The number of benzene rings is 2. The molecule has 4 aromatic rings. The highest BCUT2D eigenvalue weighted by molar-refractivity contribution is 6.31. The van der Waals surface area contributed by atoms with Crippen molar-refractivity contribution < 1.29 is 13.9 Å². The van der Waals surface area contributed by atoms with Gasteiger partial charge in [0.25, 0.3) is 5.91 Å². The maximum absolute atomic E-state index is 13.7. The number of carbonyl (C=O) groups is 1. The fourth-order valence-electron chi connectivity index (χ4n) is 3.45. The largest absolute Gasteiger partial charge is 0.384 e. The molecule has 0 bridgehead atoms. The average Bonchev–Trinajstić information content (AvgIpc) is 3.04. The molecule has 0 spiro atoms. The molecule has 0 radical (unpaired) electrons. The lowest BCUT2D eigenvalue weighted by molar-refractivity contribution is 0.0757. The van der Waals surface area contributed by atoms with Crippen LogP contribution >= 0.6 is 11.6 Å². The van der Waals surface area contributed by atoms with Crippen molar-refractivity contribution in [2.75, 3.05) is 18.9 Å². The molecule has 0 unspecified atom stereocenters. The van der Waals surface area contributed by atoms with Crippen molar-refractivity contribution in [2.45, 2.75) is 26.4 Å². The van der Waals surface area contributed by atoms with Crippen LogP contribution in [0, 0.1) is 5.82 Å². The van der Waals surface area contributed by atoms with Crippen molar-refractivity contribution in [1.82, 2.24) is 19.9 Å². The van der Waals surface area contributed by atoms with Crippen molar-refractivity contribution in [1.29, 1.82) is 0 Å². The van der Waals surface area contributed by atoms with Crippen LogP contribution in [0.15, 0.2) is 42.5 Å². The minimum atomic E-state index is -0.552. The summed E-state index contributed by atoms with van der Waals surface area (Å²) in [6.45, 7) is 4.87. The van der Waals surface area contributed by atoms with Gasteiger partial charge in [-0.15, -0.1) is 0 Å². The number of nitrogen functional groups attached to an aromatic ring is 1. The normalized spacial score (nSPS) is 11.5. The topological polar surface area (TPSA) is 95.1 Å². The Morgan fingerprint density at radius 1 is 1.22 bits per heavy atom. The Morgan fingerprint density at radius 3 is 2.62 bits per heavy atom. The number of anilines is 1. The standard InChI is InChI=1S/C23H23ClFN5O2/c1-13(2)32-11-5-10-27-23(31)19-20-22(29-18-7-4-3-6-17(18)28-20)30(21(19)26)14-8-9-16(25)15(24)12-14/h3-4,6-9,12-13H,5,10-11,26H2,1-2H3,(H,27,31). The summed E-state index contributed by atoms with van der Waals surface area (Å²) in [4.78, 5) is 22.4. The maximum Gasteiger partial charge on any atom is 0.257 e. The molecule has 3 N–H and O–H groups in total. The van der Waals surface area contributed by atoms with E-state index < -0.39 is 5.82 Å². The van der Waals surface area contributed by atoms with Gasteiger partial charge in [-0.1, -0.05) is 23.7 Å². The summed E-state index contributed by atoms with van der Waals surface area (Å²) in [5.41, 5.74) is 9.14. The Balaban J connectivity index is 1.79. The Bertz CT molecular complexity index is 1300. The van der Waals surface area contributed by atoms with Crippen LogP contribution in [-0.4, -0.2) is 39.7 Å². The number of nitrogens with two attached hydrogens (primary N) is 1. The number of nitrogens with one attached hydrogen (secondary N) is 1. The first-order valence-electron chi connectivity index (χ1n) is 10.3. The predicted molar refractivity (Wildman–Crippen MR) is 124 cm³/mol. The van der Waals surface area contributed by atoms with Gasteiger partial charge in [0.2, 0.25) is 0 Å². The minimum absolute atomic E-state index is 0.0614. The van der Waals surface area contributed by atoms with E-state index in [1.54, 1.807) is 4.57 Å². The van der Waals surface area contributed by atoms with Gasteiger partial charge in [-0.05, 0) is 50.6 Å². The smallest absolute Gasteiger partial charge is 0.257 e. The second-order valence-electron chi connectivity index (χ2n) is 7.61. The van der Waals surface area contributed by atoms with Crippen LogP contribution in [0.3, 0.4) is 0 Å². The molecular weight excluding hydrogens is 433 g/mol. The number of hydrogen-bond acceptors (Lipinski definition) is 5. The van der Waals surface area contributed by atoms with E-state index in [-0.39, 0.29) is 28.4 Å². The minimum Gasteiger partial charge on any atom is -0.384 e. The van der Waals surface area contributed by atoms with Crippen molar-refractivity contribution in [3.05, 3.63) is 58.9 Å². The molecule has 0 aliphatic rings. The molecule has 32 heavy (non-hydrogen) atoms. The number of nitrogens with zero attached hydrogens (tertiary/aromatic N) is 3. The number of amides is 1. The second-order valence-corrected chi connectivity index (χ2v) is 8.01. The summed E-state index contributed by atoms with van der Waals surface area (Å²) in [6.07, 6.45) is 0.787. The molecular formula is C23H23ClFN5O2. The van der Waals surface area contributed by atoms with Gasteiger partial charge in [0.05, 0.1) is 27.8 Å². The van der Waals surface area contributed by atoms with E-state index in [1.807, 2.05) is 38.1 Å². The molecule has 0 aliphatic heterocycles. The summed E-state index contributed by atoms with van der Waals surface area (Å²) in [5, 5.41) is 2.81. The van der Waals surface area contributed by atoms with Crippen molar-refractivity contribution >= 4 is 45.5 Å². The van der Waals surface area contributed by atoms with E-state index in [1.165, 1.54) is 18.2 Å². The summed E-state index contributed by atoms with van der Waals surface area (Å²) in [5.74, 6) is -0.772. The van der Waals surface area contributed by atoms with Crippen molar-refractivity contribution in [2.24, 2.45) is 0 Å². The molecule has 9 heteroatoms. The van der Waals surface area contributed by atoms with Gasteiger partial charge in [-0.3, -0.25) is 9.36 Å². The van der Waals surface area contributed by atoms with Crippen LogP contribution in [-0.2, 0) is 4.74 Å². The summed E-state index contributed by atoms with van der Waals surface area (Å²) >= 11 is 6.00. The molecule has 0 saturated carbocycles. The lowest BCUT2D eigenvalue weighted by Gasteiger charge is -2.09. The van der Waals surface area contributed by atoms with E-state index in [2.05, 4.69) is 15.3 Å². The SMILES string of the molecule is CC(C)OCCCNC(=O)c1c(N)n(-c2ccc(F)c(Cl)c2)c2nc3ccccc3nc12. The number of rotatable bonds is 7. The molecule has 0 atom stereocenters. The lowest BCUT2D eigenvalue weighted by Crippen LogP contribution is -2.26. The second kappa shape index (κ2) is 9.10. The number of carbonyl (C=O) groups excluding carboxylic acids is 1. The number of ether oxygens (including phenoxy) is 1. The van der Waals surface area contributed by atoms with E-state index in [4.69, 9.17) is 22.1 Å². The third kappa shape index (κ3) is 4.24. The highest BCUT2D eigenvalue weighted by Crippen LogP contribution is 2.32. The Kier molecular flexibility index (Phi) is 6.25. The number of fused-ring (bicyclic) bond motifs is 2. The molecule has 0 aliphatic carbocycles. The van der Waals surface area contributed by atoms with Gasteiger partial charge >= 0.3 is 0 Å². The fraction of sp³-hybridized carbons (Fsp3) is 0.261. The van der Waals surface area contributed by atoms with Crippen LogP contribution in [0.1, 0.15) is 30.6 Å². The zero-order chi connectivity index (χ0) is 22.8. The Hall–Kier alpha value is -3.23. The monoisotopic (exact) mass is 455 g/mol. The lowest BCUT2D eigenvalue weighted by atomic mass is 10.2. The first-order valence-corrected chi connectivity index (χ1v) is 10.7. The van der Waals surface area contributed by atoms with Crippen molar-refractivity contribution in [3.63, 3.8) is 0 Å². The quantitative estimate of drug-likeness (QED) is 0.400. The van der Waals surface area contributed by atoms with Crippen molar-refractivity contribution in [3.8, 4) is 5.69 Å². The number of hydrogen-bond donors (Lipinski definition) is 2. The highest BCUT2D eigenvalue weighted by Gasteiger charge is 2.25. The third-order valence-electron chi connectivity index (χ3n) is 4.94. The van der Waals surface area contributed by atoms with Gasteiger partial charge in [-0.2, -0.15) is 0 Å². The Morgan fingerprint density at radius 2 is 1.94 bits per heavy atom. The Labute approximate surface area is 189 Å². The molecule has 2 heterocycles. The van der Waals surface area contributed by atoms with Gasteiger partial charge < -0.3 is 15.8 Å². The van der Waals surface area contributed by atoms with Crippen LogP contribution in [0.4, 0.5) is 10.2 Å². The van der Waals surface area contributed by atoms with E-state index in [9.17, 15) is 9.18 Å². The van der Waals surface area contributed by atoms with Gasteiger partial charge in [-0.25, -0.2) is 14.4 Å². The molecule has 1 amide bonds. The van der Waals surface area contributed by atoms with Gasteiger partial charge in [0.15, 0.2) is 5.65 Å². The van der Waals surface area contributed by atoms with Gasteiger partial charge in [0, 0.05) is 13.2 Å². The summed E-state index contributed by atoms with van der Waals surface area (Å²) in [7, 11) is 0. The zero-order valence-electron chi connectivity index (χ0n) is 17.7. The number of para-hydroxylation sites is 2. The van der Waals surface area contributed by atoms with E-state index >= 15 is 0 Å². The summed E-state index contributed by atoms with van der Waals surface area (Å²) in [6, 6.07) is 11.5. The first-order chi connectivity index (χ1) is 15.4. The molecule has 0 fully saturated rings. The maximum atomic E-state index is 13.7. The van der Waals surface area contributed by atoms with Crippen LogP contribution in [0.5, 0.6) is 0 Å². The van der Waals surface area contributed by atoms with Crippen LogP contribution in [0.25, 0.3) is 27.9 Å². The van der Waals surface area contributed by atoms with E-state index in [0.717, 1.165) is 0 Å². The molecule has 4 rings (SSSR count). The fourth-order valence-corrected chi connectivity index (χ4v) is 3.63. The molecule has 7 nitrogen and oxygen atoms in total. The zero-order valence-corrected chi connectivity index (χ0v) is 18.5. The predicted octanol–water partition coefficient (Wildman–Crippen LogP) is 4.49. The first kappa shape index (κ1) is 22.0. The van der Waals surface area contributed by atoms with Crippen LogP contribution < -0.4 is 11.1 Å². The third-order valence-corrected chi connectivity index (χ3v) is 5.23. The summed E-state index contributed by atoms with van der Waals surface area (Å²) < 4.78 is 20.8.